The Morgan fingerprint density at radius 2 is 1.93 bits per heavy atom. The average Bonchev–Trinajstić information content (AvgIpc) is 2.89. The van der Waals surface area contributed by atoms with Gasteiger partial charge in [0, 0.05) is 30.5 Å². The quantitative estimate of drug-likeness (QED) is 0.688. The standard InChI is InChI=1S/C18H24F3N5O/c1-4-7-22-8-9-23-17(27)10-15-12(2)25-26(13(15)3)16-6-5-14(11-24-16)18(19,20)21/h5-6,11,22H,4,7-10H2,1-3H3,(H,23,27). The summed E-state index contributed by atoms with van der Waals surface area (Å²) in [6.07, 6.45) is -2.47. The zero-order valence-electron chi connectivity index (χ0n) is 15.7. The van der Waals surface area contributed by atoms with Crippen LogP contribution in [0.4, 0.5) is 13.2 Å². The molecule has 2 rings (SSSR count). The van der Waals surface area contributed by atoms with Crippen molar-refractivity contribution in [1.82, 2.24) is 25.4 Å². The van der Waals surface area contributed by atoms with Gasteiger partial charge in [-0.1, -0.05) is 6.92 Å². The molecule has 2 aromatic heterocycles. The molecule has 0 aromatic carbocycles. The van der Waals surface area contributed by atoms with E-state index in [1.807, 2.05) is 0 Å². The molecule has 0 aliphatic rings. The van der Waals surface area contributed by atoms with Crippen molar-refractivity contribution in [2.45, 2.75) is 39.8 Å². The van der Waals surface area contributed by atoms with Gasteiger partial charge in [0.1, 0.15) is 0 Å². The fraction of sp³-hybridized carbons (Fsp3) is 0.500. The smallest absolute Gasteiger partial charge is 0.355 e. The van der Waals surface area contributed by atoms with Crippen LogP contribution < -0.4 is 10.6 Å². The summed E-state index contributed by atoms with van der Waals surface area (Å²) in [7, 11) is 0. The maximum Gasteiger partial charge on any atom is 0.417 e. The molecule has 0 fully saturated rings. The summed E-state index contributed by atoms with van der Waals surface area (Å²) in [5.41, 5.74) is 1.26. The third kappa shape index (κ3) is 5.53. The van der Waals surface area contributed by atoms with Gasteiger partial charge in [-0.15, -0.1) is 0 Å². The second kappa shape index (κ2) is 8.98. The third-order valence-corrected chi connectivity index (χ3v) is 4.12. The minimum Gasteiger partial charge on any atom is -0.355 e. The topological polar surface area (TPSA) is 71.8 Å². The summed E-state index contributed by atoms with van der Waals surface area (Å²) >= 11 is 0. The zero-order chi connectivity index (χ0) is 20.0. The first-order valence-corrected chi connectivity index (χ1v) is 8.80. The van der Waals surface area contributed by atoms with Gasteiger partial charge in [0.15, 0.2) is 5.82 Å². The van der Waals surface area contributed by atoms with E-state index in [-0.39, 0.29) is 18.1 Å². The van der Waals surface area contributed by atoms with Crippen LogP contribution in [0.1, 0.15) is 35.9 Å². The molecule has 0 bridgehead atoms. The molecular formula is C18H24F3N5O. The van der Waals surface area contributed by atoms with Gasteiger partial charge in [-0.25, -0.2) is 9.67 Å². The van der Waals surface area contributed by atoms with E-state index < -0.39 is 11.7 Å². The molecular weight excluding hydrogens is 359 g/mol. The largest absolute Gasteiger partial charge is 0.417 e. The molecule has 2 heterocycles. The summed E-state index contributed by atoms with van der Waals surface area (Å²) in [6, 6.07) is 2.24. The number of hydrogen-bond donors (Lipinski definition) is 2. The first-order valence-electron chi connectivity index (χ1n) is 8.80. The van der Waals surface area contributed by atoms with Crippen LogP contribution in [0.15, 0.2) is 18.3 Å². The molecule has 6 nitrogen and oxygen atoms in total. The Labute approximate surface area is 156 Å². The number of hydrogen-bond acceptors (Lipinski definition) is 4. The number of alkyl halides is 3. The maximum atomic E-state index is 12.7. The average molecular weight is 383 g/mol. The van der Waals surface area contributed by atoms with Crippen LogP contribution in [-0.2, 0) is 17.4 Å². The molecule has 27 heavy (non-hydrogen) atoms. The molecule has 0 aliphatic heterocycles. The van der Waals surface area contributed by atoms with Crippen LogP contribution in [0.25, 0.3) is 5.82 Å². The van der Waals surface area contributed by atoms with Crippen molar-refractivity contribution in [1.29, 1.82) is 0 Å². The molecule has 0 saturated heterocycles. The van der Waals surface area contributed by atoms with E-state index in [2.05, 4.69) is 27.6 Å². The molecule has 0 unspecified atom stereocenters. The Morgan fingerprint density at radius 3 is 2.52 bits per heavy atom. The Hall–Kier alpha value is -2.42. The number of aromatic nitrogens is 3. The Kier molecular flexibility index (Phi) is 6.95. The van der Waals surface area contributed by atoms with Gasteiger partial charge in [0.05, 0.1) is 17.7 Å². The highest BCUT2D eigenvalue weighted by Gasteiger charge is 2.30. The van der Waals surface area contributed by atoms with Crippen molar-refractivity contribution >= 4 is 5.91 Å². The first-order chi connectivity index (χ1) is 12.7. The molecule has 0 atom stereocenters. The molecule has 0 saturated carbocycles. The molecule has 2 aromatic rings. The van der Waals surface area contributed by atoms with Crippen LogP contribution in [0, 0.1) is 13.8 Å². The molecule has 0 aliphatic carbocycles. The number of pyridine rings is 1. The predicted octanol–water partition coefficient (Wildman–Crippen LogP) is 2.56. The second-order valence-electron chi connectivity index (χ2n) is 6.24. The van der Waals surface area contributed by atoms with Gasteiger partial charge in [-0.05, 0) is 38.9 Å². The van der Waals surface area contributed by atoms with Crippen molar-refractivity contribution in [2.24, 2.45) is 0 Å². The first kappa shape index (κ1) is 20.9. The van der Waals surface area contributed by atoms with E-state index in [0.717, 1.165) is 30.8 Å². The van der Waals surface area contributed by atoms with Crippen molar-refractivity contribution in [3.05, 3.63) is 40.8 Å². The summed E-state index contributed by atoms with van der Waals surface area (Å²) in [5.74, 6) is 0.151. The van der Waals surface area contributed by atoms with Crippen LogP contribution in [0.2, 0.25) is 0 Å². The molecule has 9 heteroatoms. The van der Waals surface area contributed by atoms with Crippen LogP contribution in [0.5, 0.6) is 0 Å². The number of aryl methyl sites for hydroxylation is 1. The minimum absolute atomic E-state index is 0.126. The summed E-state index contributed by atoms with van der Waals surface area (Å²) < 4.78 is 39.5. The van der Waals surface area contributed by atoms with Crippen molar-refractivity contribution in [2.75, 3.05) is 19.6 Å². The maximum absolute atomic E-state index is 12.7. The predicted molar refractivity (Wildman–Crippen MR) is 95.7 cm³/mol. The molecule has 0 spiro atoms. The van der Waals surface area contributed by atoms with Gasteiger partial charge in [-0.2, -0.15) is 18.3 Å². The van der Waals surface area contributed by atoms with Gasteiger partial charge >= 0.3 is 6.18 Å². The van der Waals surface area contributed by atoms with Crippen LogP contribution >= 0.6 is 0 Å². The van der Waals surface area contributed by atoms with Crippen molar-refractivity contribution < 1.29 is 18.0 Å². The highest BCUT2D eigenvalue weighted by molar-refractivity contribution is 5.79. The number of carbonyl (C=O) groups excluding carboxylic acids is 1. The van der Waals surface area contributed by atoms with Gasteiger partial charge in [-0.3, -0.25) is 4.79 Å². The normalized spacial score (nSPS) is 11.6. The Bertz CT molecular complexity index is 769. The van der Waals surface area contributed by atoms with Crippen molar-refractivity contribution in [3.8, 4) is 5.82 Å². The number of halogens is 3. The number of carbonyl (C=O) groups is 1. The zero-order valence-corrected chi connectivity index (χ0v) is 15.7. The molecule has 2 N–H and O–H groups in total. The highest BCUT2D eigenvalue weighted by Crippen LogP contribution is 2.29. The van der Waals surface area contributed by atoms with E-state index in [1.165, 1.54) is 10.7 Å². The third-order valence-electron chi connectivity index (χ3n) is 4.12. The lowest BCUT2D eigenvalue weighted by molar-refractivity contribution is -0.137. The van der Waals surface area contributed by atoms with E-state index in [4.69, 9.17) is 0 Å². The van der Waals surface area contributed by atoms with Crippen LogP contribution in [-0.4, -0.2) is 40.3 Å². The van der Waals surface area contributed by atoms with E-state index in [9.17, 15) is 18.0 Å². The van der Waals surface area contributed by atoms with E-state index in [1.54, 1.807) is 13.8 Å². The van der Waals surface area contributed by atoms with Crippen LogP contribution in [0.3, 0.4) is 0 Å². The fourth-order valence-corrected chi connectivity index (χ4v) is 2.65. The number of rotatable bonds is 8. The number of nitrogens with zero attached hydrogens (tertiary/aromatic N) is 3. The van der Waals surface area contributed by atoms with Gasteiger partial charge in [0.2, 0.25) is 5.91 Å². The highest BCUT2D eigenvalue weighted by atomic mass is 19.4. The minimum atomic E-state index is -4.43. The summed E-state index contributed by atoms with van der Waals surface area (Å²) in [5, 5.41) is 10.4. The SMILES string of the molecule is CCCNCCNC(=O)Cc1c(C)nn(-c2ccc(C(F)(F)F)cn2)c1C. The van der Waals surface area contributed by atoms with Crippen molar-refractivity contribution in [3.63, 3.8) is 0 Å². The number of amides is 1. The summed E-state index contributed by atoms with van der Waals surface area (Å²) in [6.45, 7) is 7.74. The lowest BCUT2D eigenvalue weighted by atomic mass is 10.1. The van der Waals surface area contributed by atoms with E-state index in [0.29, 0.717) is 24.5 Å². The number of nitrogens with one attached hydrogen (secondary N) is 2. The second-order valence-corrected chi connectivity index (χ2v) is 6.24. The molecule has 1 amide bonds. The monoisotopic (exact) mass is 383 g/mol. The fourth-order valence-electron chi connectivity index (χ4n) is 2.65. The van der Waals surface area contributed by atoms with Gasteiger partial charge < -0.3 is 10.6 Å². The summed E-state index contributed by atoms with van der Waals surface area (Å²) in [4.78, 5) is 16.0. The Morgan fingerprint density at radius 1 is 1.19 bits per heavy atom. The lowest BCUT2D eigenvalue weighted by Gasteiger charge is -2.08. The van der Waals surface area contributed by atoms with E-state index >= 15 is 0 Å². The molecule has 148 valence electrons. The Balaban J connectivity index is 2.07. The molecule has 0 radical (unpaired) electrons. The van der Waals surface area contributed by atoms with Gasteiger partial charge in [0.25, 0.3) is 0 Å². The lowest BCUT2D eigenvalue weighted by Crippen LogP contribution is -2.33.